The summed E-state index contributed by atoms with van der Waals surface area (Å²) in [5.74, 6) is -4.10. The first-order valence-corrected chi connectivity index (χ1v) is 6.75. The number of aliphatic carboxylic acids is 1. The topological polar surface area (TPSA) is 112 Å². The summed E-state index contributed by atoms with van der Waals surface area (Å²) in [6.07, 6.45) is 4.08. The van der Waals surface area contributed by atoms with Gasteiger partial charge in [-0.1, -0.05) is 26.7 Å². The Hall–Kier alpha value is -0.556. The molecule has 0 fully saturated rings. The van der Waals surface area contributed by atoms with Crippen molar-refractivity contribution in [2.45, 2.75) is 53.4 Å². The van der Waals surface area contributed by atoms with Gasteiger partial charge in [0.25, 0.3) is 0 Å². The summed E-state index contributed by atoms with van der Waals surface area (Å²) in [4.78, 5) is 31.0. The predicted octanol–water partition coefficient (Wildman–Crippen LogP) is 1.42. The molecule has 6 nitrogen and oxygen atoms in total. The molecule has 0 radical (unpaired) electrons. The van der Waals surface area contributed by atoms with Crippen LogP contribution in [-0.2, 0) is 36.1 Å². The summed E-state index contributed by atoms with van der Waals surface area (Å²) in [5.41, 5.74) is 0. The van der Waals surface area contributed by atoms with Crippen molar-refractivity contribution in [1.29, 1.82) is 0 Å². The number of Topliss-reactive ketones (excluding diaryl/α,β-unsaturated/α-hetero) is 2. The Balaban J connectivity index is -0.000000112. The maximum absolute atomic E-state index is 10.4. The molecule has 0 atom stereocenters. The molecule has 0 saturated heterocycles. The number of ketones is 2. The van der Waals surface area contributed by atoms with Gasteiger partial charge in [0, 0.05) is 34.9 Å². The minimum absolute atomic E-state index is 0. The Bertz CT molecular complexity index is 225. The first-order valence-electron chi connectivity index (χ1n) is 6.75. The molecule has 0 bridgehead atoms. The molecule has 0 aromatic heterocycles. The van der Waals surface area contributed by atoms with Crippen molar-refractivity contribution >= 4 is 17.5 Å². The monoisotopic (exact) mass is 340 g/mol. The zero-order chi connectivity index (χ0) is 16.6. The quantitative estimate of drug-likeness (QED) is 0.477. The second-order valence-electron chi connectivity index (χ2n) is 4.15. The molecule has 0 aromatic rings. The van der Waals surface area contributed by atoms with Crippen molar-refractivity contribution in [1.82, 2.24) is 0 Å². The third kappa shape index (κ3) is 24.8. The van der Waals surface area contributed by atoms with Crippen LogP contribution < -0.4 is 0 Å². The molecule has 0 saturated carbocycles. The van der Waals surface area contributed by atoms with E-state index < -0.39 is 23.5 Å². The number of hydrogen-bond donors (Lipinski definition) is 3. The summed E-state index contributed by atoms with van der Waals surface area (Å²) in [6.45, 7) is 6.96. The minimum atomic E-state index is -1.47. The Morgan fingerprint density at radius 2 is 1.14 bits per heavy atom. The van der Waals surface area contributed by atoms with Gasteiger partial charge in [-0.15, -0.1) is 0 Å². The van der Waals surface area contributed by atoms with E-state index in [1.54, 1.807) is 0 Å². The van der Waals surface area contributed by atoms with Crippen LogP contribution in [0.15, 0.2) is 0 Å². The van der Waals surface area contributed by atoms with Gasteiger partial charge in [0.1, 0.15) is 0 Å². The number of carbonyl (C=O) groups is 3. The number of aliphatic hydroxyl groups is 2. The summed E-state index contributed by atoms with van der Waals surface area (Å²) in [7, 11) is 0. The number of carboxylic acids is 1. The van der Waals surface area contributed by atoms with Gasteiger partial charge < -0.3 is 15.3 Å². The Kier molecular flexibility index (Phi) is 29.6. The summed E-state index contributed by atoms with van der Waals surface area (Å²) in [5, 5.41) is 24.4. The number of hydrogen-bond acceptors (Lipinski definition) is 5. The Morgan fingerprint density at radius 3 is 1.14 bits per heavy atom. The smallest absolute Gasteiger partial charge is 0.321 e. The van der Waals surface area contributed by atoms with Gasteiger partial charge in [-0.05, 0) is 26.7 Å². The van der Waals surface area contributed by atoms with Crippen molar-refractivity contribution < 1.29 is 51.4 Å². The van der Waals surface area contributed by atoms with E-state index in [2.05, 4.69) is 13.8 Å². The normalized spacial score (nSPS) is 8.52. The van der Waals surface area contributed by atoms with E-state index in [4.69, 9.17) is 15.3 Å². The molecular weight excluding hydrogens is 312 g/mol. The van der Waals surface area contributed by atoms with E-state index in [0.29, 0.717) is 13.2 Å². The van der Waals surface area contributed by atoms with Gasteiger partial charge in [-0.25, -0.2) is 0 Å². The van der Waals surface area contributed by atoms with Gasteiger partial charge >= 0.3 is 5.97 Å². The van der Waals surface area contributed by atoms with Gasteiger partial charge in [-0.3, -0.25) is 14.4 Å². The molecule has 3 N–H and O–H groups in total. The molecule has 0 aromatic carbocycles. The molecular formula is C14H28O6Ti. The fraction of sp³-hybridized carbons (Fsp3) is 0.786. The molecule has 0 aliphatic rings. The number of carbonyl (C=O) groups excluding carboxylic acids is 2. The van der Waals surface area contributed by atoms with Crippen molar-refractivity contribution in [3.63, 3.8) is 0 Å². The van der Waals surface area contributed by atoms with Crippen molar-refractivity contribution in [3.8, 4) is 0 Å². The zero-order valence-corrected chi connectivity index (χ0v) is 14.9. The van der Waals surface area contributed by atoms with Crippen LogP contribution in [0, 0.1) is 5.92 Å². The van der Waals surface area contributed by atoms with Gasteiger partial charge in [0.2, 0.25) is 0 Å². The van der Waals surface area contributed by atoms with Crippen LogP contribution >= 0.6 is 0 Å². The van der Waals surface area contributed by atoms with E-state index >= 15 is 0 Å². The molecule has 124 valence electrons. The second kappa shape index (κ2) is 21.7. The number of carboxylic acid groups (broad SMARTS) is 1. The first-order chi connectivity index (χ1) is 9.29. The average Bonchev–Trinajstić information content (AvgIpc) is 2.30. The van der Waals surface area contributed by atoms with Crippen LogP contribution in [0.25, 0.3) is 0 Å². The second-order valence-corrected chi connectivity index (χ2v) is 4.15. The Morgan fingerprint density at radius 1 is 0.857 bits per heavy atom. The summed E-state index contributed by atoms with van der Waals surface area (Å²) in [6, 6.07) is 0. The standard InChI is InChI=1S/C6H8O4.2C4H10O.Ti/c1-3(7)5(4(2)8)6(9)10;2*1-2-3-4-5;/h5H,1-2H3,(H,9,10);2*5H,2-4H2,1H3;. The van der Waals surface area contributed by atoms with E-state index in [9.17, 15) is 14.4 Å². The molecule has 0 unspecified atom stereocenters. The fourth-order valence-corrected chi connectivity index (χ4v) is 0.950. The van der Waals surface area contributed by atoms with Crippen LogP contribution in [0.2, 0.25) is 0 Å². The number of unbranched alkanes of at least 4 members (excludes halogenated alkanes) is 2. The molecule has 0 spiro atoms. The van der Waals surface area contributed by atoms with E-state index in [-0.39, 0.29) is 21.7 Å². The van der Waals surface area contributed by atoms with E-state index in [0.717, 1.165) is 39.5 Å². The van der Waals surface area contributed by atoms with Crippen LogP contribution in [-0.4, -0.2) is 46.1 Å². The summed E-state index contributed by atoms with van der Waals surface area (Å²) < 4.78 is 0. The molecule has 0 rings (SSSR count). The van der Waals surface area contributed by atoms with Gasteiger partial charge in [0.05, 0.1) is 0 Å². The maximum Gasteiger partial charge on any atom is 0.321 e. The minimum Gasteiger partial charge on any atom is -0.480 e. The summed E-state index contributed by atoms with van der Waals surface area (Å²) >= 11 is 0. The third-order valence-electron chi connectivity index (χ3n) is 2.08. The van der Waals surface area contributed by atoms with Gasteiger partial charge in [-0.2, -0.15) is 0 Å². The van der Waals surface area contributed by atoms with Crippen molar-refractivity contribution in [2.24, 2.45) is 5.92 Å². The molecule has 0 heterocycles. The van der Waals surface area contributed by atoms with Crippen LogP contribution in [0.3, 0.4) is 0 Å². The van der Waals surface area contributed by atoms with Crippen molar-refractivity contribution in [2.75, 3.05) is 13.2 Å². The number of aliphatic hydroxyl groups excluding tert-OH is 2. The fourth-order valence-electron chi connectivity index (χ4n) is 0.950. The Labute approximate surface area is 141 Å². The molecule has 0 aliphatic heterocycles. The largest absolute Gasteiger partial charge is 0.480 e. The molecule has 0 aliphatic carbocycles. The van der Waals surface area contributed by atoms with Crippen LogP contribution in [0.1, 0.15) is 53.4 Å². The molecule has 0 amide bonds. The van der Waals surface area contributed by atoms with Crippen LogP contribution in [0.4, 0.5) is 0 Å². The average molecular weight is 340 g/mol. The van der Waals surface area contributed by atoms with E-state index in [1.165, 1.54) is 0 Å². The van der Waals surface area contributed by atoms with E-state index in [1.807, 2.05) is 0 Å². The zero-order valence-electron chi connectivity index (χ0n) is 13.4. The number of rotatable bonds is 7. The van der Waals surface area contributed by atoms with Crippen molar-refractivity contribution in [3.05, 3.63) is 0 Å². The van der Waals surface area contributed by atoms with Gasteiger partial charge in [0.15, 0.2) is 17.5 Å². The SMILES string of the molecule is CC(=O)C(C(C)=O)C(=O)O.CCCCO.CCCCO.[Ti]. The maximum atomic E-state index is 10.4. The molecule has 7 heteroatoms. The third-order valence-corrected chi connectivity index (χ3v) is 2.08. The predicted molar refractivity (Wildman–Crippen MR) is 76.5 cm³/mol. The first kappa shape index (κ1) is 28.6. The van der Waals surface area contributed by atoms with Crippen LogP contribution in [0.5, 0.6) is 0 Å². The molecule has 21 heavy (non-hydrogen) atoms.